The highest BCUT2D eigenvalue weighted by molar-refractivity contribution is 14.1. The van der Waals surface area contributed by atoms with Crippen LogP contribution in [0.1, 0.15) is 15.9 Å². The zero-order valence-electron chi connectivity index (χ0n) is 8.36. The lowest BCUT2D eigenvalue weighted by molar-refractivity contribution is -0.137. The van der Waals surface area contributed by atoms with Gasteiger partial charge >= 0.3 is 12.1 Å². The lowest BCUT2D eigenvalue weighted by Crippen LogP contribution is -2.13. The Labute approximate surface area is 113 Å². The number of hydrogen-bond acceptors (Lipinski definition) is 3. The van der Waals surface area contributed by atoms with E-state index in [0.717, 1.165) is 7.11 Å². The number of rotatable bonds is 1. The predicted octanol–water partition coefficient (Wildman–Crippen LogP) is 3.33. The Balaban J connectivity index is 3.56. The first-order chi connectivity index (χ1) is 7.70. The van der Waals surface area contributed by atoms with Gasteiger partial charge in [-0.15, -0.1) is 0 Å². The lowest BCUT2D eigenvalue weighted by atomic mass is 10.1. The van der Waals surface area contributed by atoms with Crippen LogP contribution >= 0.6 is 34.2 Å². The highest BCUT2D eigenvalue weighted by Gasteiger charge is 2.36. The summed E-state index contributed by atoms with van der Waals surface area (Å²) in [5, 5.41) is -0.525. The highest BCUT2D eigenvalue weighted by atomic mass is 127. The van der Waals surface area contributed by atoms with Crippen molar-refractivity contribution >= 4 is 45.8 Å². The minimum atomic E-state index is -4.66. The van der Waals surface area contributed by atoms with E-state index in [0.29, 0.717) is 6.07 Å². The van der Waals surface area contributed by atoms with Crippen LogP contribution in [-0.2, 0) is 10.9 Å². The van der Waals surface area contributed by atoms with Gasteiger partial charge in [-0.2, -0.15) is 13.2 Å². The molecule has 1 aromatic carbocycles. The Morgan fingerprint density at radius 1 is 1.53 bits per heavy atom. The molecule has 17 heavy (non-hydrogen) atoms. The quantitative estimate of drug-likeness (QED) is 0.463. The van der Waals surface area contributed by atoms with E-state index in [2.05, 4.69) is 4.74 Å². The molecule has 0 aromatic heterocycles. The first-order valence-electron chi connectivity index (χ1n) is 4.13. The third kappa shape index (κ3) is 2.76. The predicted molar refractivity (Wildman–Crippen MR) is 64.9 cm³/mol. The van der Waals surface area contributed by atoms with Crippen molar-refractivity contribution in [2.24, 2.45) is 0 Å². The average molecular weight is 380 g/mol. The molecule has 0 fully saturated rings. The molecular formula is C9H6ClF3INO2. The highest BCUT2D eigenvalue weighted by Crippen LogP contribution is 2.40. The van der Waals surface area contributed by atoms with E-state index in [-0.39, 0.29) is 14.8 Å². The maximum atomic E-state index is 12.6. The van der Waals surface area contributed by atoms with Crippen molar-refractivity contribution < 1.29 is 22.7 Å². The third-order valence-corrected chi connectivity index (χ3v) is 3.79. The Kier molecular flexibility index (Phi) is 4.13. The molecule has 0 bridgehead atoms. The summed E-state index contributed by atoms with van der Waals surface area (Å²) in [4.78, 5) is 11.3. The number of benzene rings is 1. The zero-order chi connectivity index (χ0) is 13.4. The van der Waals surface area contributed by atoms with Gasteiger partial charge in [0.15, 0.2) is 0 Å². The molecule has 0 unspecified atom stereocenters. The molecule has 0 radical (unpaired) electrons. The van der Waals surface area contributed by atoms with Gasteiger partial charge in [-0.3, -0.25) is 0 Å². The summed E-state index contributed by atoms with van der Waals surface area (Å²) in [6, 6.07) is 0.589. The Hall–Kier alpha value is -0.700. The summed E-state index contributed by atoms with van der Waals surface area (Å²) in [6.07, 6.45) is -4.66. The molecule has 3 nitrogen and oxygen atoms in total. The van der Waals surface area contributed by atoms with Crippen LogP contribution < -0.4 is 5.73 Å². The molecule has 0 aliphatic heterocycles. The number of alkyl halides is 3. The average Bonchev–Trinajstić information content (AvgIpc) is 2.23. The van der Waals surface area contributed by atoms with Gasteiger partial charge in [0.1, 0.15) is 0 Å². The number of halogens is 5. The van der Waals surface area contributed by atoms with Crippen LogP contribution in [0.25, 0.3) is 0 Å². The van der Waals surface area contributed by atoms with Crippen LogP contribution in [0, 0.1) is 3.57 Å². The van der Waals surface area contributed by atoms with Crippen molar-refractivity contribution in [3.63, 3.8) is 0 Å². The number of carbonyl (C=O) groups is 1. The van der Waals surface area contributed by atoms with E-state index in [1.54, 1.807) is 22.6 Å². The maximum absolute atomic E-state index is 12.6. The van der Waals surface area contributed by atoms with Crippen molar-refractivity contribution in [3.05, 3.63) is 25.8 Å². The molecule has 0 saturated heterocycles. The summed E-state index contributed by atoms with van der Waals surface area (Å²) >= 11 is 7.09. The molecule has 1 aromatic rings. The number of methoxy groups -OCH3 is 1. The standard InChI is InChI=1S/C9H6ClF3INO2/c1-17-8(16)3-2-4(9(11,12)13)5(10)6(14)7(3)15/h2H,15H2,1H3. The fourth-order valence-electron chi connectivity index (χ4n) is 1.13. The van der Waals surface area contributed by atoms with Gasteiger partial charge < -0.3 is 10.5 Å². The molecular weight excluding hydrogens is 373 g/mol. The molecule has 0 saturated carbocycles. The molecule has 0 atom stereocenters. The second kappa shape index (κ2) is 4.89. The summed E-state index contributed by atoms with van der Waals surface area (Å²) in [7, 11) is 1.05. The van der Waals surface area contributed by atoms with Gasteiger partial charge in [-0.25, -0.2) is 4.79 Å². The van der Waals surface area contributed by atoms with Crippen LogP contribution in [-0.4, -0.2) is 13.1 Å². The van der Waals surface area contributed by atoms with Crippen molar-refractivity contribution in [2.45, 2.75) is 6.18 Å². The molecule has 0 aliphatic carbocycles. The Morgan fingerprint density at radius 3 is 2.47 bits per heavy atom. The number of anilines is 1. The monoisotopic (exact) mass is 379 g/mol. The SMILES string of the molecule is COC(=O)c1cc(C(F)(F)F)c(Cl)c(I)c1N. The molecule has 0 aliphatic rings. The van der Waals surface area contributed by atoms with Crippen molar-refractivity contribution in [2.75, 3.05) is 12.8 Å². The van der Waals surface area contributed by atoms with Gasteiger partial charge in [0, 0.05) is 0 Å². The van der Waals surface area contributed by atoms with Gasteiger partial charge in [0.2, 0.25) is 0 Å². The van der Waals surface area contributed by atoms with Gasteiger partial charge in [-0.05, 0) is 28.7 Å². The fraction of sp³-hybridized carbons (Fsp3) is 0.222. The van der Waals surface area contributed by atoms with E-state index in [1.165, 1.54) is 0 Å². The molecule has 0 amide bonds. The molecule has 0 spiro atoms. The summed E-state index contributed by atoms with van der Waals surface area (Å²) in [5.41, 5.74) is 3.92. The van der Waals surface area contributed by atoms with Crippen LogP contribution in [0.15, 0.2) is 6.07 Å². The largest absolute Gasteiger partial charge is 0.465 e. The first-order valence-corrected chi connectivity index (χ1v) is 5.58. The van der Waals surface area contributed by atoms with Crippen molar-refractivity contribution in [1.29, 1.82) is 0 Å². The summed E-state index contributed by atoms with van der Waals surface area (Å²) < 4.78 is 42.2. The maximum Gasteiger partial charge on any atom is 0.417 e. The second-order valence-corrected chi connectivity index (χ2v) is 4.46. The number of esters is 1. The Bertz CT molecular complexity index is 476. The van der Waals surface area contributed by atoms with Crippen LogP contribution in [0.5, 0.6) is 0 Å². The first kappa shape index (κ1) is 14.4. The minimum absolute atomic E-state index is 0.0282. The number of ether oxygens (including phenoxy) is 1. The van der Waals surface area contributed by atoms with Gasteiger partial charge in [-0.1, -0.05) is 11.6 Å². The van der Waals surface area contributed by atoms with Crippen LogP contribution in [0.2, 0.25) is 5.02 Å². The normalized spacial score (nSPS) is 11.4. The van der Waals surface area contributed by atoms with E-state index in [1.807, 2.05) is 0 Å². The van der Waals surface area contributed by atoms with E-state index < -0.39 is 22.7 Å². The number of nitrogen functional groups attached to an aromatic ring is 1. The molecule has 8 heteroatoms. The molecule has 2 N–H and O–H groups in total. The van der Waals surface area contributed by atoms with Gasteiger partial charge in [0.25, 0.3) is 0 Å². The summed E-state index contributed by atoms with van der Waals surface area (Å²) in [6.45, 7) is 0. The van der Waals surface area contributed by atoms with Crippen LogP contribution in [0.4, 0.5) is 18.9 Å². The van der Waals surface area contributed by atoms with E-state index >= 15 is 0 Å². The van der Waals surface area contributed by atoms with E-state index in [9.17, 15) is 18.0 Å². The Morgan fingerprint density at radius 2 is 2.06 bits per heavy atom. The molecule has 1 rings (SSSR count). The fourth-order valence-corrected chi connectivity index (χ4v) is 1.97. The number of hydrogen-bond donors (Lipinski definition) is 1. The molecule has 0 heterocycles. The van der Waals surface area contributed by atoms with Gasteiger partial charge in [0.05, 0.1) is 32.5 Å². The number of nitrogens with two attached hydrogens (primary N) is 1. The smallest absolute Gasteiger partial charge is 0.417 e. The second-order valence-electron chi connectivity index (χ2n) is 3.00. The van der Waals surface area contributed by atoms with E-state index in [4.69, 9.17) is 17.3 Å². The van der Waals surface area contributed by atoms with Crippen molar-refractivity contribution in [3.8, 4) is 0 Å². The van der Waals surface area contributed by atoms with Crippen LogP contribution in [0.3, 0.4) is 0 Å². The topological polar surface area (TPSA) is 52.3 Å². The zero-order valence-corrected chi connectivity index (χ0v) is 11.3. The number of carbonyl (C=O) groups excluding carboxylic acids is 1. The lowest BCUT2D eigenvalue weighted by Gasteiger charge is -2.14. The minimum Gasteiger partial charge on any atom is -0.465 e. The van der Waals surface area contributed by atoms with Crippen molar-refractivity contribution in [1.82, 2.24) is 0 Å². The molecule has 94 valence electrons. The third-order valence-electron chi connectivity index (χ3n) is 1.96. The summed E-state index contributed by atoms with van der Waals surface area (Å²) in [5.74, 6) is -0.942.